The summed E-state index contributed by atoms with van der Waals surface area (Å²) in [5.74, 6) is 0.227. The van der Waals surface area contributed by atoms with Crippen LogP contribution in [0, 0.1) is 0 Å². The van der Waals surface area contributed by atoms with E-state index in [1.807, 2.05) is 6.07 Å². The maximum absolute atomic E-state index is 10.7. The SMILES string of the molecule is COc1ccc(Cn2cc(C(=O)O)nn2)c(OC)c1. The van der Waals surface area contributed by atoms with Gasteiger partial charge in [0.15, 0.2) is 5.69 Å². The molecule has 19 heavy (non-hydrogen) atoms. The largest absolute Gasteiger partial charge is 0.497 e. The van der Waals surface area contributed by atoms with Gasteiger partial charge in [-0.3, -0.25) is 0 Å². The lowest BCUT2D eigenvalue weighted by Gasteiger charge is -2.09. The minimum absolute atomic E-state index is 0.0903. The van der Waals surface area contributed by atoms with Gasteiger partial charge in [0.25, 0.3) is 0 Å². The number of aromatic carboxylic acids is 1. The Hall–Kier alpha value is -2.57. The van der Waals surface area contributed by atoms with Crippen molar-refractivity contribution in [1.82, 2.24) is 15.0 Å². The van der Waals surface area contributed by atoms with Crippen LogP contribution in [0.1, 0.15) is 16.1 Å². The molecule has 0 unspecified atom stereocenters. The smallest absolute Gasteiger partial charge is 0.358 e. The summed E-state index contributed by atoms with van der Waals surface area (Å²) in [7, 11) is 3.13. The monoisotopic (exact) mass is 263 g/mol. The van der Waals surface area contributed by atoms with E-state index in [0.29, 0.717) is 18.0 Å². The average Bonchev–Trinajstić information content (AvgIpc) is 2.88. The van der Waals surface area contributed by atoms with Crippen molar-refractivity contribution in [2.24, 2.45) is 0 Å². The van der Waals surface area contributed by atoms with Crippen molar-refractivity contribution in [3.05, 3.63) is 35.7 Å². The molecule has 1 N–H and O–H groups in total. The van der Waals surface area contributed by atoms with E-state index in [2.05, 4.69) is 10.3 Å². The average molecular weight is 263 g/mol. The third kappa shape index (κ3) is 2.82. The van der Waals surface area contributed by atoms with E-state index in [0.717, 1.165) is 5.56 Å². The van der Waals surface area contributed by atoms with Crippen molar-refractivity contribution in [1.29, 1.82) is 0 Å². The molecule has 2 aromatic rings. The summed E-state index contributed by atoms with van der Waals surface area (Å²) in [6, 6.07) is 5.39. The molecule has 1 aromatic carbocycles. The zero-order valence-corrected chi connectivity index (χ0v) is 10.5. The standard InChI is InChI=1S/C12H13N3O4/c1-18-9-4-3-8(11(5-9)19-2)6-15-7-10(12(16)17)13-14-15/h3-5,7H,6H2,1-2H3,(H,16,17). The molecule has 7 nitrogen and oxygen atoms in total. The normalized spacial score (nSPS) is 10.2. The Kier molecular flexibility index (Phi) is 3.65. The first-order valence-electron chi connectivity index (χ1n) is 5.48. The highest BCUT2D eigenvalue weighted by molar-refractivity contribution is 5.84. The van der Waals surface area contributed by atoms with Crippen LogP contribution >= 0.6 is 0 Å². The predicted octanol–water partition coefficient (Wildman–Crippen LogP) is 1.04. The molecule has 0 radical (unpaired) electrons. The molecule has 100 valence electrons. The zero-order valence-electron chi connectivity index (χ0n) is 10.5. The molecule has 0 aliphatic heterocycles. The Balaban J connectivity index is 2.24. The molecule has 0 atom stereocenters. The lowest BCUT2D eigenvalue weighted by Crippen LogP contribution is -2.03. The van der Waals surface area contributed by atoms with Crippen LogP contribution in [-0.4, -0.2) is 40.3 Å². The van der Waals surface area contributed by atoms with Gasteiger partial charge in [0, 0.05) is 11.6 Å². The van der Waals surface area contributed by atoms with Crippen LogP contribution in [0.3, 0.4) is 0 Å². The third-order valence-electron chi connectivity index (χ3n) is 2.58. The van der Waals surface area contributed by atoms with Crippen LogP contribution in [0.4, 0.5) is 0 Å². The number of hydrogen-bond donors (Lipinski definition) is 1. The Morgan fingerprint density at radius 1 is 1.37 bits per heavy atom. The first-order chi connectivity index (χ1) is 9.13. The molecule has 0 saturated heterocycles. The van der Waals surface area contributed by atoms with E-state index in [9.17, 15) is 4.79 Å². The molecule has 0 amide bonds. The lowest BCUT2D eigenvalue weighted by atomic mass is 10.2. The second-order valence-electron chi connectivity index (χ2n) is 3.78. The minimum atomic E-state index is -1.10. The molecular formula is C12H13N3O4. The lowest BCUT2D eigenvalue weighted by molar-refractivity contribution is 0.0690. The fraction of sp³-hybridized carbons (Fsp3) is 0.250. The molecule has 0 spiro atoms. The summed E-state index contributed by atoms with van der Waals surface area (Å²) in [5.41, 5.74) is 0.762. The van der Waals surface area contributed by atoms with Crippen molar-refractivity contribution in [2.45, 2.75) is 6.54 Å². The van der Waals surface area contributed by atoms with E-state index >= 15 is 0 Å². The first-order valence-corrected chi connectivity index (χ1v) is 5.48. The van der Waals surface area contributed by atoms with Gasteiger partial charge in [-0.15, -0.1) is 5.10 Å². The number of rotatable bonds is 5. The highest BCUT2D eigenvalue weighted by Crippen LogP contribution is 2.25. The molecule has 0 bridgehead atoms. The van der Waals surface area contributed by atoms with Crippen molar-refractivity contribution >= 4 is 5.97 Å². The minimum Gasteiger partial charge on any atom is -0.497 e. The van der Waals surface area contributed by atoms with Gasteiger partial charge in [0.1, 0.15) is 11.5 Å². The van der Waals surface area contributed by atoms with Gasteiger partial charge in [-0.2, -0.15) is 0 Å². The highest BCUT2D eigenvalue weighted by atomic mass is 16.5. The molecule has 0 fully saturated rings. The number of carbonyl (C=O) groups is 1. The van der Waals surface area contributed by atoms with Crippen molar-refractivity contribution in [3.63, 3.8) is 0 Å². The summed E-state index contributed by atoms with van der Waals surface area (Å²) in [4.78, 5) is 10.7. The molecule has 1 aromatic heterocycles. The van der Waals surface area contributed by atoms with Crippen LogP contribution in [0.2, 0.25) is 0 Å². The van der Waals surface area contributed by atoms with Crippen molar-refractivity contribution in [3.8, 4) is 11.5 Å². The maximum Gasteiger partial charge on any atom is 0.358 e. The molecule has 0 aliphatic rings. The van der Waals surface area contributed by atoms with E-state index in [1.165, 1.54) is 10.9 Å². The maximum atomic E-state index is 10.7. The van der Waals surface area contributed by atoms with Crippen molar-refractivity contribution in [2.75, 3.05) is 14.2 Å². The number of carboxylic acid groups (broad SMARTS) is 1. The van der Waals surface area contributed by atoms with Gasteiger partial charge in [0.2, 0.25) is 0 Å². The first kappa shape index (κ1) is 12.9. The molecule has 0 saturated carbocycles. The van der Waals surface area contributed by atoms with Crippen LogP contribution in [0.5, 0.6) is 11.5 Å². The third-order valence-corrected chi connectivity index (χ3v) is 2.58. The summed E-state index contributed by atoms with van der Waals surface area (Å²) >= 11 is 0. The van der Waals surface area contributed by atoms with Crippen LogP contribution < -0.4 is 9.47 Å². The Morgan fingerprint density at radius 3 is 2.74 bits per heavy atom. The van der Waals surface area contributed by atoms with Gasteiger partial charge in [-0.25, -0.2) is 9.48 Å². The van der Waals surface area contributed by atoms with Gasteiger partial charge >= 0.3 is 5.97 Å². The number of nitrogens with zero attached hydrogens (tertiary/aromatic N) is 3. The van der Waals surface area contributed by atoms with E-state index in [1.54, 1.807) is 26.4 Å². The zero-order chi connectivity index (χ0) is 13.8. The molecule has 2 rings (SSSR count). The molecule has 1 heterocycles. The number of benzene rings is 1. The van der Waals surface area contributed by atoms with Crippen LogP contribution in [0.15, 0.2) is 24.4 Å². The number of hydrogen-bond acceptors (Lipinski definition) is 5. The van der Waals surface area contributed by atoms with Gasteiger partial charge in [-0.05, 0) is 12.1 Å². The highest BCUT2D eigenvalue weighted by Gasteiger charge is 2.10. The summed E-state index contributed by atoms with van der Waals surface area (Å²) < 4.78 is 11.8. The summed E-state index contributed by atoms with van der Waals surface area (Å²) in [6.45, 7) is 0.368. The Labute approximate surface area is 109 Å². The number of ether oxygens (including phenoxy) is 2. The molecule has 7 heteroatoms. The second-order valence-corrected chi connectivity index (χ2v) is 3.78. The molecule has 0 aliphatic carbocycles. The fourth-order valence-electron chi connectivity index (χ4n) is 1.63. The fourth-order valence-corrected chi connectivity index (χ4v) is 1.63. The predicted molar refractivity (Wildman–Crippen MR) is 65.6 cm³/mol. The number of carboxylic acids is 1. The Morgan fingerprint density at radius 2 is 2.16 bits per heavy atom. The molecular weight excluding hydrogens is 250 g/mol. The number of aromatic nitrogens is 3. The van der Waals surface area contributed by atoms with Gasteiger partial charge in [0.05, 0.1) is 27.0 Å². The topological polar surface area (TPSA) is 86.5 Å². The van der Waals surface area contributed by atoms with Gasteiger partial charge in [-0.1, -0.05) is 5.21 Å². The quantitative estimate of drug-likeness (QED) is 0.867. The Bertz CT molecular complexity index is 594. The second kappa shape index (κ2) is 5.38. The summed E-state index contributed by atoms with van der Waals surface area (Å²) in [5, 5.41) is 16.1. The van der Waals surface area contributed by atoms with Gasteiger partial charge < -0.3 is 14.6 Å². The van der Waals surface area contributed by atoms with E-state index in [-0.39, 0.29) is 5.69 Å². The van der Waals surface area contributed by atoms with Crippen LogP contribution in [0.25, 0.3) is 0 Å². The van der Waals surface area contributed by atoms with Crippen molar-refractivity contribution < 1.29 is 19.4 Å². The summed E-state index contributed by atoms with van der Waals surface area (Å²) in [6.07, 6.45) is 1.37. The van der Waals surface area contributed by atoms with E-state index < -0.39 is 5.97 Å². The van der Waals surface area contributed by atoms with E-state index in [4.69, 9.17) is 14.6 Å². The van der Waals surface area contributed by atoms with Crippen LogP contribution in [-0.2, 0) is 6.54 Å². The number of methoxy groups -OCH3 is 2.